The van der Waals surface area contributed by atoms with Crippen LogP contribution in [0.5, 0.6) is 0 Å². The van der Waals surface area contributed by atoms with Gasteiger partial charge in [0.1, 0.15) is 18.2 Å². The fourth-order valence-corrected chi connectivity index (χ4v) is 4.54. The lowest BCUT2D eigenvalue weighted by Crippen LogP contribution is -2.36. The summed E-state index contributed by atoms with van der Waals surface area (Å²) in [6.45, 7) is 6.82. The van der Waals surface area contributed by atoms with Gasteiger partial charge >= 0.3 is 0 Å². The average Bonchev–Trinajstić information content (AvgIpc) is 3.29. The molecule has 0 N–H and O–H groups in total. The second kappa shape index (κ2) is 8.15. The molecular formula is C31H29N2O+. The maximum absolute atomic E-state index is 9.28. The quantitative estimate of drug-likeness (QED) is 0.199. The van der Waals surface area contributed by atoms with Gasteiger partial charge in [0.2, 0.25) is 11.4 Å². The Hall–Kier alpha value is -3.90. The van der Waals surface area contributed by atoms with E-state index in [0.717, 1.165) is 12.5 Å². The molecule has 0 fully saturated rings. The first-order valence-electron chi connectivity index (χ1n) is 15.0. The van der Waals surface area contributed by atoms with Crippen molar-refractivity contribution in [2.24, 2.45) is 7.05 Å². The Morgan fingerprint density at radius 1 is 1.06 bits per heavy atom. The van der Waals surface area contributed by atoms with Gasteiger partial charge in [0.05, 0.1) is 13.5 Å². The molecule has 1 unspecified atom stereocenters. The predicted molar refractivity (Wildman–Crippen MR) is 140 cm³/mol. The second-order valence-electron chi connectivity index (χ2n) is 8.55. The molecule has 0 bridgehead atoms. The molecular weight excluding hydrogens is 416 g/mol. The highest BCUT2D eigenvalue weighted by atomic mass is 16.3. The van der Waals surface area contributed by atoms with Crippen molar-refractivity contribution in [3.05, 3.63) is 94.4 Å². The number of rotatable bonds is 3. The third-order valence-electron chi connectivity index (χ3n) is 6.49. The SMILES string of the molecule is [2H]c1c(C([2H])(C)C([2H])([2H])[2H])c(C([2H])([2H])[2H])c(C)[n+](C)c1-c1c(C)ccc2c1oc1c([N+]#[C-])c(-c3ccccc3)ccc12. The summed E-state index contributed by atoms with van der Waals surface area (Å²) in [5.74, 6) is -2.39. The van der Waals surface area contributed by atoms with E-state index in [1.807, 2.05) is 61.5 Å². The molecule has 0 saturated heterocycles. The summed E-state index contributed by atoms with van der Waals surface area (Å²) in [7, 11) is 1.62. The van der Waals surface area contributed by atoms with Crippen molar-refractivity contribution in [1.82, 2.24) is 0 Å². The Bertz CT molecular complexity index is 1930. The van der Waals surface area contributed by atoms with E-state index in [0.29, 0.717) is 44.3 Å². The monoisotopic (exact) mass is 453 g/mol. The van der Waals surface area contributed by atoms with Crippen LogP contribution >= 0.6 is 0 Å². The molecule has 0 amide bonds. The highest BCUT2D eigenvalue weighted by Gasteiger charge is 2.26. The molecule has 0 aliphatic heterocycles. The molecule has 0 saturated carbocycles. The Morgan fingerprint density at radius 3 is 2.50 bits per heavy atom. The van der Waals surface area contributed by atoms with Crippen LogP contribution in [0.4, 0.5) is 5.69 Å². The summed E-state index contributed by atoms with van der Waals surface area (Å²) in [6, 6.07) is 16.7. The van der Waals surface area contributed by atoms with Crippen LogP contribution < -0.4 is 4.57 Å². The maximum atomic E-state index is 9.28. The first kappa shape index (κ1) is 14.4. The maximum Gasteiger partial charge on any atom is 0.237 e. The van der Waals surface area contributed by atoms with Gasteiger partial charge in [-0.1, -0.05) is 68.4 Å². The summed E-state index contributed by atoms with van der Waals surface area (Å²) in [5.41, 5.74) is 3.62. The highest BCUT2D eigenvalue weighted by Crippen LogP contribution is 2.44. The smallest absolute Gasteiger partial charge is 0.237 e. The number of hydrogen-bond acceptors (Lipinski definition) is 1. The number of fused-ring (bicyclic) bond motifs is 3. The van der Waals surface area contributed by atoms with E-state index in [2.05, 4.69) is 4.85 Å². The number of benzene rings is 3. The molecule has 0 aliphatic rings. The van der Waals surface area contributed by atoms with Crippen molar-refractivity contribution in [1.29, 1.82) is 0 Å². The Balaban J connectivity index is 1.94. The minimum Gasteiger partial charge on any atom is -0.466 e. The zero-order chi connectivity index (χ0) is 30.9. The average molecular weight is 454 g/mol. The van der Waals surface area contributed by atoms with Crippen molar-refractivity contribution in [3.63, 3.8) is 0 Å². The topological polar surface area (TPSA) is 21.4 Å². The summed E-state index contributed by atoms with van der Waals surface area (Å²) in [5, 5.41) is 1.40. The first-order chi connectivity index (χ1) is 19.5. The number of aryl methyl sites for hydroxylation is 1. The molecule has 0 radical (unpaired) electrons. The largest absolute Gasteiger partial charge is 0.466 e. The lowest BCUT2D eigenvalue weighted by Gasteiger charge is -2.14. The number of furan rings is 1. The van der Waals surface area contributed by atoms with Crippen LogP contribution in [0.25, 0.3) is 49.2 Å². The van der Waals surface area contributed by atoms with E-state index in [1.165, 1.54) is 0 Å². The fraction of sp³-hybridized carbons (Fsp3) is 0.226. The van der Waals surface area contributed by atoms with Gasteiger partial charge in [0.15, 0.2) is 5.69 Å². The van der Waals surface area contributed by atoms with Crippen LogP contribution in [0.15, 0.2) is 65.1 Å². The van der Waals surface area contributed by atoms with Crippen LogP contribution in [0.1, 0.15) is 53.0 Å². The minimum atomic E-state index is -2.91. The lowest BCUT2D eigenvalue weighted by atomic mass is 9.93. The molecule has 2 heterocycles. The third-order valence-corrected chi connectivity index (χ3v) is 6.49. The molecule has 34 heavy (non-hydrogen) atoms. The van der Waals surface area contributed by atoms with E-state index in [9.17, 15) is 1.37 Å². The Morgan fingerprint density at radius 2 is 1.79 bits per heavy atom. The van der Waals surface area contributed by atoms with Crippen LogP contribution in [-0.2, 0) is 7.05 Å². The first-order valence-corrected chi connectivity index (χ1v) is 11.0. The van der Waals surface area contributed by atoms with E-state index >= 15 is 0 Å². The van der Waals surface area contributed by atoms with E-state index in [4.69, 9.17) is 20.6 Å². The summed E-state index contributed by atoms with van der Waals surface area (Å²) < 4.78 is 75.0. The van der Waals surface area contributed by atoms with Gasteiger partial charge in [-0.2, -0.15) is 4.57 Å². The van der Waals surface area contributed by atoms with E-state index in [-0.39, 0.29) is 28.6 Å². The van der Waals surface area contributed by atoms with Gasteiger partial charge in [-0.05, 0) is 41.9 Å². The van der Waals surface area contributed by atoms with Gasteiger partial charge in [-0.25, -0.2) is 4.85 Å². The van der Waals surface area contributed by atoms with Crippen molar-refractivity contribution in [2.75, 3.05) is 0 Å². The molecule has 0 aliphatic carbocycles. The fourth-order valence-electron chi connectivity index (χ4n) is 4.54. The molecule has 3 nitrogen and oxygen atoms in total. The predicted octanol–water partition coefficient (Wildman–Crippen LogP) is 8.34. The van der Waals surface area contributed by atoms with Gasteiger partial charge < -0.3 is 4.42 Å². The molecule has 3 heteroatoms. The Kier molecular flexibility index (Phi) is 3.45. The standard InChI is InChI=1S/C31H29N2O/c1-18(2)26-17-27(33(7)21(5)20(26)4)28-19(3)13-14-24-25-16-15-23(22-11-9-8-10-12-22)29(32-6)31(25)34-30(24)28/h8-18H,1-5,7H3/q+1/i1D3,4D3,17D,18D. The molecule has 5 rings (SSSR count). The molecule has 3 aromatic carbocycles. The normalized spacial score (nSPS) is 17.4. The van der Waals surface area contributed by atoms with E-state index in [1.54, 1.807) is 18.5 Å². The van der Waals surface area contributed by atoms with E-state index < -0.39 is 19.6 Å². The van der Waals surface area contributed by atoms with Gasteiger partial charge in [0, 0.05) is 38.9 Å². The summed E-state index contributed by atoms with van der Waals surface area (Å²) in [4.78, 5) is 3.82. The zero-order valence-electron chi connectivity index (χ0n) is 27.5. The van der Waals surface area contributed by atoms with Crippen LogP contribution in [0, 0.1) is 27.3 Å². The zero-order valence-corrected chi connectivity index (χ0v) is 19.5. The molecule has 168 valence electrons. The van der Waals surface area contributed by atoms with Crippen LogP contribution in [0.2, 0.25) is 0 Å². The molecule has 2 aromatic heterocycles. The second-order valence-corrected chi connectivity index (χ2v) is 8.55. The molecule has 1 atom stereocenters. The molecule has 0 spiro atoms. The molecule has 5 aromatic rings. The van der Waals surface area contributed by atoms with Crippen molar-refractivity contribution < 1.29 is 20.0 Å². The van der Waals surface area contributed by atoms with Crippen LogP contribution in [-0.4, -0.2) is 0 Å². The van der Waals surface area contributed by atoms with Gasteiger partial charge in [-0.15, -0.1) is 0 Å². The van der Waals surface area contributed by atoms with Crippen molar-refractivity contribution in [3.8, 4) is 22.4 Å². The summed E-state index contributed by atoms with van der Waals surface area (Å²) >= 11 is 0. The number of aromatic nitrogens is 1. The highest BCUT2D eigenvalue weighted by molar-refractivity contribution is 6.14. The van der Waals surface area contributed by atoms with Crippen molar-refractivity contribution >= 4 is 27.6 Å². The van der Waals surface area contributed by atoms with Gasteiger partial charge in [0.25, 0.3) is 0 Å². The Labute approximate surface area is 212 Å². The number of hydrogen-bond donors (Lipinski definition) is 0. The lowest BCUT2D eigenvalue weighted by molar-refractivity contribution is -0.667. The van der Waals surface area contributed by atoms with Crippen LogP contribution in [0.3, 0.4) is 0 Å². The summed E-state index contributed by atoms with van der Waals surface area (Å²) in [6.07, 6.45) is 0. The number of nitrogens with zero attached hydrogens (tertiary/aromatic N) is 2. The third kappa shape index (κ3) is 3.22. The van der Waals surface area contributed by atoms with Gasteiger partial charge in [-0.3, -0.25) is 0 Å². The minimum absolute atomic E-state index is 0.222. The van der Waals surface area contributed by atoms with Crippen molar-refractivity contribution in [2.45, 2.75) is 40.4 Å². The number of pyridine rings is 1.